The maximum absolute atomic E-state index is 13.5. The van der Waals surface area contributed by atoms with Crippen LogP contribution in [0.5, 0.6) is 0 Å². The molecule has 0 aromatic carbocycles. The van der Waals surface area contributed by atoms with Gasteiger partial charge in [0.15, 0.2) is 0 Å². The highest BCUT2D eigenvalue weighted by atomic mass is 16.7. The van der Waals surface area contributed by atoms with E-state index in [9.17, 15) is 14.4 Å². The summed E-state index contributed by atoms with van der Waals surface area (Å²) in [5.41, 5.74) is -2.79. The van der Waals surface area contributed by atoms with Gasteiger partial charge in [-0.15, -0.1) is 0 Å². The first-order valence-corrected chi connectivity index (χ1v) is 11.8. The zero-order valence-corrected chi connectivity index (χ0v) is 22.0. The molecular formula is C25H46O7. The van der Waals surface area contributed by atoms with Crippen LogP contribution in [0.25, 0.3) is 0 Å². The van der Waals surface area contributed by atoms with Gasteiger partial charge < -0.3 is 18.9 Å². The van der Waals surface area contributed by atoms with Gasteiger partial charge in [0, 0.05) is 18.6 Å². The molecule has 0 aliphatic carbocycles. The van der Waals surface area contributed by atoms with Crippen molar-refractivity contribution in [2.24, 2.45) is 22.2 Å². The molecule has 0 spiro atoms. The highest BCUT2D eigenvalue weighted by molar-refractivity contribution is 5.84. The molecule has 0 heterocycles. The van der Waals surface area contributed by atoms with Gasteiger partial charge in [0.2, 0.25) is 6.29 Å². The summed E-state index contributed by atoms with van der Waals surface area (Å²) in [6.45, 7) is 19.4. The van der Waals surface area contributed by atoms with Crippen LogP contribution >= 0.6 is 0 Å². The highest BCUT2D eigenvalue weighted by Gasteiger charge is 2.49. The SMILES string of the molecule is CCOCC(OCC)OC(=O)C(C)(CC(C)(C)C(C)=O)CC(C)(CC)C(=O)OCC(C)C. The fourth-order valence-corrected chi connectivity index (χ4v) is 3.70. The normalized spacial score (nSPS) is 16.7. The van der Waals surface area contributed by atoms with Crippen LogP contribution in [0.1, 0.15) is 88.5 Å². The predicted molar refractivity (Wildman–Crippen MR) is 124 cm³/mol. The minimum absolute atomic E-state index is 0.0345. The summed E-state index contributed by atoms with van der Waals surface area (Å²) in [5, 5.41) is 0. The molecule has 0 fully saturated rings. The van der Waals surface area contributed by atoms with Crippen molar-refractivity contribution in [2.45, 2.75) is 94.8 Å². The minimum Gasteiger partial charge on any atom is -0.465 e. The Morgan fingerprint density at radius 3 is 1.84 bits per heavy atom. The number of Topliss-reactive ketones (excluding diaryl/α,β-unsaturated/α-hetero) is 1. The minimum atomic E-state index is -1.11. The van der Waals surface area contributed by atoms with E-state index in [2.05, 4.69) is 0 Å². The number of ketones is 1. The Balaban J connectivity index is 5.97. The largest absolute Gasteiger partial charge is 0.465 e. The lowest BCUT2D eigenvalue weighted by Gasteiger charge is -2.40. The van der Waals surface area contributed by atoms with Crippen molar-refractivity contribution < 1.29 is 33.3 Å². The van der Waals surface area contributed by atoms with Crippen LogP contribution in [0.15, 0.2) is 0 Å². The van der Waals surface area contributed by atoms with Crippen molar-refractivity contribution in [3.05, 3.63) is 0 Å². The Morgan fingerprint density at radius 1 is 0.812 bits per heavy atom. The third kappa shape index (κ3) is 9.57. The first-order valence-electron chi connectivity index (χ1n) is 11.8. The van der Waals surface area contributed by atoms with Gasteiger partial charge in [-0.3, -0.25) is 14.4 Å². The van der Waals surface area contributed by atoms with Crippen LogP contribution in [0.4, 0.5) is 0 Å². The molecule has 7 heteroatoms. The molecule has 32 heavy (non-hydrogen) atoms. The van der Waals surface area contributed by atoms with Crippen molar-refractivity contribution in [1.82, 2.24) is 0 Å². The van der Waals surface area contributed by atoms with Crippen molar-refractivity contribution in [3.63, 3.8) is 0 Å². The Bertz CT molecular complexity index is 613. The van der Waals surface area contributed by atoms with Gasteiger partial charge >= 0.3 is 11.9 Å². The van der Waals surface area contributed by atoms with E-state index in [1.807, 2.05) is 41.5 Å². The van der Waals surface area contributed by atoms with Gasteiger partial charge in [-0.25, -0.2) is 0 Å². The summed E-state index contributed by atoms with van der Waals surface area (Å²) in [4.78, 5) is 38.7. The molecular weight excluding hydrogens is 412 g/mol. The molecule has 3 unspecified atom stereocenters. The van der Waals surface area contributed by atoms with E-state index >= 15 is 0 Å². The van der Waals surface area contributed by atoms with E-state index in [1.54, 1.807) is 20.8 Å². The van der Waals surface area contributed by atoms with E-state index in [0.717, 1.165) is 0 Å². The van der Waals surface area contributed by atoms with Crippen LogP contribution < -0.4 is 0 Å². The Hall–Kier alpha value is -1.47. The van der Waals surface area contributed by atoms with E-state index < -0.39 is 28.5 Å². The maximum atomic E-state index is 13.5. The number of rotatable bonds is 16. The molecule has 0 saturated carbocycles. The number of carbonyl (C=O) groups excluding carboxylic acids is 3. The standard InChI is InChI=1S/C25H46O7/c1-11-24(9,21(27)31-14-18(4)5)17-25(10,16-23(7,8)19(6)26)22(28)32-20(30-13-3)15-29-12-2/h18,20H,11-17H2,1-10H3. The topological polar surface area (TPSA) is 88.1 Å². The second-order valence-corrected chi connectivity index (χ2v) is 10.2. The van der Waals surface area contributed by atoms with Crippen LogP contribution in [-0.2, 0) is 33.3 Å². The second kappa shape index (κ2) is 13.3. The first-order chi connectivity index (χ1) is 14.7. The van der Waals surface area contributed by atoms with E-state index in [0.29, 0.717) is 26.2 Å². The molecule has 0 amide bonds. The summed E-state index contributed by atoms with van der Waals surface area (Å²) in [6.07, 6.45) is 0.0553. The smallest absolute Gasteiger partial charge is 0.314 e. The van der Waals surface area contributed by atoms with E-state index in [-0.39, 0.29) is 37.1 Å². The van der Waals surface area contributed by atoms with Crippen molar-refractivity contribution in [2.75, 3.05) is 26.4 Å². The van der Waals surface area contributed by atoms with Crippen LogP contribution in [0.3, 0.4) is 0 Å². The summed E-state index contributed by atoms with van der Waals surface area (Å²) in [7, 11) is 0. The fraction of sp³-hybridized carbons (Fsp3) is 0.880. The summed E-state index contributed by atoms with van der Waals surface area (Å²) < 4.78 is 22.2. The molecule has 0 bridgehead atoms. The molecule has 0 aromatic heterocycles. The molecule has 0 aliphatic rings. The van der Waals surface area contributed by atoms with Crippen molar-refractivity contribution in [3.8, 4) is 0 Å². The zero-order valence-electron chi connectivity index (χ0n) is 22.0. The van der Waals surface area contributed by atoms with Gasteiger partial charge in [0.1, 0.15) is 12.4 Å². The van der Waals surface area contributed by atoms with Crippen LogP contribution in [-0.4, -0.2) is 50.4 Å². The number of ether oxygens (including phenoxy) is 4. The number of esters is 2. The fourth-order valence-electron chi connectivity index (χ4n) is 3.70. The first kappa shape index (κ1) is 30.5. The Kier molecular flexibility index (Phi) is 12.7. The van der Waals surface area contributed by atoms with Crippen molar-refractivity contribution >= 4 is 17.7 Å². The maximum Gasteiger partial charge on any atom is 0.314 e. The monoisotopic (exact) mass is 458 g/mol. The zero-order chi connectivity index (χ0) is 25.2. The predicted octanol–water partition coefficient (Wildman–Crippen LogP) is 4.95. The average Bonchev–Trinajstić information content (AvgIpc) is 2.69. The average molecular weight is 459 g/mol. The van der Waals surface area contributed by atoms with Gasteiger partial charge in [0.05, 0.1) is 17.4 Å². The summed E-state index contributed by atoms with van der Waals surface area (Å²) >= 11 is 0. The third-order valence-electron chi connectivity index (χ3n) is 5.93. The molecule has 0 rings (SSSR count). The van der Waals surface area contributed by atoms with Gasteiger partial charge in [-0.2, -0.15) is 0 Å². The lowest BCUT2D eigenvalue weighted by Crippen LogP contribution is -2.45. The number of hydrogen-bond acceptors (Lipinski definition) is 7. The molecule has 0 N–H and O–H groups in total. The highest BCUT2D eigenvalue weighted by Crippen LogP contribution is 2.45. The van der Waals surface area contributed by atoms with Crippen LogP contribution in [0.2, 0.25) is 0 Å². The lowest BCUT2D eigenvalue weighted by molar-refractivity contribution is -0.203. The quantitative estimate of drug-likeness (QED) is 0.239. The molecule has 0 aliphatic heterocycles. The Labute approximate surface area is 194 Å². The Morgan fingerprint density at radius 2 is 1.41 bits per heavy atom. The number of carbonyl (C=O) groups is 3. The molecule has 0 aromatic rings. The third-order valence-corrected chi connectivity index (χ3v) is 5.93. The molecule has 0 radical (unpaired) electrons. The van der Waals surface area contributed by atoms with Crippen LogP contribution in [0, 0.1) is 22.2 Å². The van der Waals surface area contributed by atoms with E-state index in [1.165, 1.54) is 6.92 Å². The molecule has 0 saturated heterocycles. The molecule has 188 valence electrons. The summed E-state index contributed by atoms with van der Waals surface area (Å²) in [6, 6.07) is 0. The van der Waals surface area contributed by atoms with Crippen molar-refractivity contribution in [1.29, 1.82) is 0 Å². The number of hydrogen-bond donors (Lipinski definition) is 0. The lowest BCUT2D eigenvalue weighted by atomic mass is 9.64. The van der Waals surface area contributed by atoms with Gasteiger partial charge in [-0.05, 0) is 59.8 Å². The van der Waals surface area contributed by atoms with Gasteiger partial charge in [-0.1, -0.05) is 34.6 Å². The second-order valence-electron chi connectivity index (χ2n) is 10.2. The van der Waals surface area contributed by atoms with Gasteiger partial charge in [0.25, 0.3) is 0 Å². The molecule has 7 nitrogen and oxygen atoms in total. The van der Waals surface area contributed by atoms with E-state index in [4.69, 9.17) is 18.9 Å². The summed E-state index contributed by atoms with van der Waals surface area (Å²) in [5.74, 6) is -0.684. The molecule has 3 atom stereocenters.